The van der Waals surface area contributed by atoms with Gasteiger partial charge in [-0.25, -0.2) is 13.1 Å². The molecule has 8 nitrogen and oxygen atoms in total. The fourth-order valence-corrected chi connectivity index (χ4v) is 7.99. The average Bonchev–Trinajstić information content (AvgIpc) is 3.00. The third kappa shape index (κ3) is 6.64. The maximum atomic E-state index is 13.3. The van der Waals surface area contributed by atoms with E-state index in [1.807, 2.05) is 37.3 Å². The summed E-state index contributed by atoms with van der Waals surface area (Å²) in [5.41, 5.74) is 2.09. The van der Waals surface area contributed by atoms with Gasteiger partial charge in [-0.05, 0) is 105 Å². The Morgan fingerprint density at radius 3 is 2.65 bits per heavy atom. The fraction of sp³-hybridized carbons (Fsp3) is 0.515. The number of fused-ring (bicyclic) bond motifs is 3. The first kappa shape index (κ1) is 31.5. The van der Waals surface area contributed by atoms with Crippen molar-refractivity contribution in [1.82, 2.24) is 4.72 Å². The van der Waals surface area contributed by atoms with Crippen LogP contribution in [0.15, 0.2) is 48.6 Å². The molecule has 0 aromatic heterocycles. The number of amides is 1. The number of hydrogen-bond acceptors (Lipinski definition) is 7. The molecule has 2 aromatic carbocycles. The molecule has 5 rings (SSSR count). The number of sulfonamides is 1. The van der Waals surface area contributed by atoms with E-state index < -0.39 is 26.8 Å². The second kappa shape index (κ2) is 13.0. The monoisotopic (exact) mass is 628 g/mol. The molecule has 1 amide bonds. The van der Waals surface area contributed by atoms with Crippen molar-refractivity contribution in [3.05, 3.63) is 70.3 Å². The molecule has 10 heteroatoms. The van der Waals surface area contributed by atoms with E-state index >= 15 is 0 Å². The number of carbonyl (C=O) groups is 2. The zero-order valence-electron chi connectivity index (χ0n) is 25.1. The van der Waals surface area contributed by atoms with E-state index in [1.54, 1.807) is 32.2 Å². The Hall–Kier alpha value is -2.88. The van der Waals surface area contributed by atoms with Gasteiger partial charge < -0.3 is 14.4 Å². The lowest BCUT2D eigenvalue weighted by molar-refractivity contribution is -0.135. The zero-order chi connectivity index (χ0) is 30.8. The van der Waals surface area contributed by atoms with Gasteiger partial charge in [0, 0.05) is 36.7 Å². The smallest absolute Gasteiger partial charge is 0.264 e. The van der Waals surface area contributed by atoms with E-state index in [0.29, 0.717) is 36.9 Å². The average molecular weight is 629 g/mol. The lowest BCUT2D eigenvalue weighted by atomic mass is 9.64. The Labute approximate surface area is 259 Å². The number of aryl methyl sites for hydroxylation is 1. The molecule has 0 saturated heterocycles. The summed E-state index contributed by atoms with van der Waals surface area (Å²) < 4.78 is 41.1. The molecule has 1 fully saturated rings. The third-order valence-corrected chi connectivity index (χ3v) is 11.8. The number of methoxy groups -OCH3 is 1. The van der Waals surface area contributed by atoms with Gasteiger partial charge in [0.1, 0.15) is 18.0 Å². The van der Waals surface area contributed by atoms with Gasteiger partial charge in [-0.3, -0.25) is 9.59 Å². The van der Waals surface area contributed by atoms with Gasteiger partial charge in [0.05, 0.1) is 10.9 Å². The van der Waals surface area contributed by atoms with Gasteiger partial charge in [0.25, 0.3) is 5.91 Å². The van der Waals surface area contributed by atoms with E-state index in [2.05, 4.69) is 9.62 Å². The van der Waals surface area contributed by atoms with Gasteiger partial charge in [0.2, 0.25) is 10.0 Å². The van der Waals surface area contributed by atoms with Crippen LogP contribution in [0.4, 0.5) is 5.69 Å². The SMILES string of the molecule is COC1(C=O)/C=C/C[C@H](C)[C@@H](C)S(=O)(=O)NC(=O)c2ccc3c(c2)N(CCCCc2cc(Cl)ccc2CO3)C[C@@H]2CC[C@H]21. The van der Waals surface area contributed by atoms with Crippen LogP contribution >= 0.6 is 11.6 Å². The van der Waals surface area contributed by atoms with Crippen LogP contribution in [0.3, 0.4) is 0 Å². The predicted molar refractivity (Wildman–Crippen MR) is 168 cm³/mol. The molecule has 232 valence electrons. The summed E-state index contributed by atoms with van der Waals surface area (Å²) in [4.78, 5) is 28.2. The van der Waals surface area contributed by atoms with E-state index in [4.69, 9.17) is 21.1 Å². The summed E-state index contributed by atoms with van der Waals surface area (Å²) in [7, 11) is -2.41. The fourth-order valence-electron chi connectivity index (χ4n) is 6.51. The van der Waals surface area contributed by atoms with Crippen molar-refractivity contribution in [3.63, 3.8) is 0 Å². The van der Waals surface area contributed by atoms with Gasteiger partial charge >= 0.3 is 0 Å². The first-order valence-corrected chi connectivity index (χ1v) is 17.0. The number of carbonyl (C=O) groups excluding carboxylic acids is 2. The molecule has 1 saturated carbocycles. The number of benzene rings is 2. The van der Waals surface area contributed by atoms with Crippen molar-refractivity contribution >= 4 is 39.5 Å². The second-order valence-electron chi connectivity index (χ2n) is 12.2. The standard InChI is InChI=1S/C33H41ClN2O6S/c1-22-7-6-15-33(21-37,41-3)29-13-10-26(29)19-36-16-5-4-8-24-17-28(34)12-9-27(24)20-42-31-14-11-25(18-30(31)36)32(38)35-43(39,40)23(22)2/h6,9,11-12,14-15,17-18,21-23,26,29H,4-5,7-8,10,13,16,19-20H2,1-3H3,(H,35,38)/b15-6+/t22-,23+,26-,29+,33?/m0/s1. The summed E-state index contributed by atoms with van der Waals surface area (Å²) >= 11 is 6.31. The molecule has 1 aliphatic carbocycles. The molecule has 2 aliphatic heterocycles. The van der Waals surface area contributed by atoms with Gasteiger partial charge in [-0.2, -0.15) is 0 Å². The lowest BCUT2D eigenvalue weighted by Crippen LogP contribution is -2.52. The normalized spacial score (nSPS) is 30.2. The number of hydrogen-bond donors (Lipinski definition) is 1. The quantitative estimate of drug-likeness (QED) is 0.335. The minimum Gasteiger partial charge on any atom is -0.487 e. The van der Waals surface area contributed by atoms with Gasteiger partial charge in [-0.1, -0.05) is 30.7 Å². The van der Waals surface area contributed by atoms with Crippen molar-refractivity contribution in [2.24, 2.45) is 17.8 Å². The van der Waals surface area contributed by atoms with Crippen LogP contribution in [0, 0.1) is 17.8 Å². The molecule has 5 atom stereocenters. The van der Waals surface area contributed by atoms with Crippen molar-refractivity contribution in [2.75, 3.05) is 25.1 Å². The highest BCUT2D eigenvalue weighted by Gasteiger charge is 2.47. The Balaban J connectivity index is 1.58. The molecule has 2 bridgehead atoms. The molecule has 2 aromatic rings. The Kier molecular flexibility index (Phi) is 9.54. The number of halogens is 1. The first-order chi connectivity index (χ1) is 20.6. The number of nitrogens with zero attached hydrogens (tertiary/aromatic N) is 1. The number of nitrogens with one attached hydrogen (secondary N) is 1. The van der Waals surface area contributed by atoms with Crippen LogP contribution in [0.25, 0.3) is 0 Å². The maximum absolute atomic E-state index is 13.3. The highest BCUT2D eigenvalue weighted by Crippen LogP contribution is 2.45. The molecule has 1 N–H and O–H groups in total. The molecular weight excluding hydrogens is 588 g/mol. The van der Waals surface area contributed by atoms with Crippen LogP contribution in [-0.2, 0) is 32.6 Å². The molecule has 2 heterocycles. The predicted octanol–water partition coefficient (Wildman–Crippen LogP) is 5.72. The highest BCUT2D eigenvalue weighted by molar-refractivity contribution is 7.90. The lowest BCUT2D eigenvalue weighted by Gasteiger charge is -2.47. The van der Waals surface area contributed by atoms with Gasteiger partial charge in [0.15, 0.2) is 6.29 Å². The number of aldehydes is 1. The molecular formula is C33H41ClN2O6S. The summed E-state index contributed by atoms with van der Waals surface area (Å²) in [5.74, 6) is -0.224. The second-order valence-corrected chi connectivity index (χ2v) is 14.7. The number of rotatable bonds is 2. The molecule has 3 aliphatic rings. The first-order valence-electron chi connectivity index (χ1n) is 15.1. The summed E-state index contributed by atoms with van der Waals surface area (Å²) in [5, 5.41) is -0.150. The minimum absolute atomic E-state index is 0.0314. The van der Waals surface area contributed by atoms with Crippen LogP contribution in [0.2, 0.25) is 5.02 Å². The van der Waals surface area contributed by atoms with E-state index in [0.717, 1.165) is 55.2 Å². The summed E-state index contributed by atoms with van der Waals surface area (Å²) in [6.45, 7) is 5.09. The highest BCUT2D eigenvalue weighted by atomic mass is 35.5. The van der Waals surface area contributed by atoms with Crippen molar-refractivity contribution < 1.29 is 27.5 Å². The largest absolute Gasteiger partial charge is 0.487 e. The van der Waals surface area contributed by atoms with E-state index in [9.17, 15) is 18.0 Å². The van der Waals surface area contributed by atoms with Crippen molar-refractivity contribution in [1.29, 1.82) is 0 Å². The van der Waals surface area contributed by atoms with Crippen molar-refractivity contribution in [2.45, 2.75) is 69.8 Å². The van der Waals surface area contributed by atoms with Gasteiger partial charge in [-0.15, -0.1) is 0 Å². The number of anilines is 1. The minimum atomic E-state index is -3.97. The molecule has 0 radical (unpaired) electrons. The summed E-state index contributed by atoms with van der Waals surface area (Å²) in [6, 6.07) is 10.9. The zero-order valence-corrected chi connectivity index (χ0v) is 26.6. The van der Waals surface area contributed by atoms with E-state index in [-0.39, 0.29) is 23.3 Å². The van der Waals surface area contributed by atoms with Crippen LogP contribution in [0.1, 0.15) is 67.4 Å². The Morgan fingerprint density at radius 2 is 1.93 bits per heavy atom. The maximum Gasteiger partial charge on any atom is 0.264 e. The molecule has 43 heavy (non-hydrogen) atoms. The number of ether oxygens (including phenoxy) is 2. The Morgan fingerprint density at radius 1 is 1.12 bits per heavy atom. The van der Waals surface area contributed by atoms with Crippen LogP contribution < -0.4 is 14.4 Å². The van der Waals surface area contributed by atoms with E-state index in [1.165, 1.54) is 0 Å². The molecule has 1 unspecified atom stereocenters. The molecule has 0 spiro atoms. The van der Waals surface area contributed by atoms with Crippen molar-refractivity contribution in [3.8, 4) is 5.75 Å². The third-order valence-electron chi connectivity index (χ3n) is 9.64. The summed E-state index contributed by atoms with van der Waals surface area (Å²) in [6.07, 6.45) is 9.43. The number of allylic oxidation sites excluding steroid dienone is 1. The Bertz CT molecular complexity index is 1490. The van der Waals surface area contributed by atoms with Crippen LogP contribution in [-0.4, -0.2) is 51.7 Å². The van der Waals surface area contributed by atoms with Crippen LogP contribution in [0.5, 0.6) is 5.75 Å². The topological polar surface area (TPSA) is 102 Å².